The number of carboxylic acids is 1. The number of aromatic hydroxyl groups is 1. The van der Waals surface area contributed by atoms with Gasteiger partial charge in [0.15, 0.2) is 0 Å². The van der Waals surface area contributed by atoms with Crippen molar-refractivity contribution in [3.05, 3.63) is 129 Å². The molecular weight excluding hydrogens is 921 g/mol. The molecule has 0 atom stereocenters. The summed E-state index contributed by atoms with van der Waals surface area (Å²) in [5, 5.41) is 23.6. The average Bonchev–Trinajstić information content (AvgIpc) is 3.26. The van der Waals surface area contributed by atoms with Crippen LogP contribution in [0.1, 0.15) is 71.4 Å². The lowest BCUT2D eigenvalue weighted by molar-refractivity contribution is 0.0696. The number of nitrogen functional groups attached to an aromatic ring is 1. The second kappa shape index (κ2) is 18.1. The second-order valence-corrected chi connectivity index (χ2v) is 20.3. The summed E-state index contributed by atoms with van der Waals surface area (Å²) in [5.74, 6) is -2.00. The Labute approximate surface area is 387 Å². The van der Waals surface area contributed by atoms with Crippen molar-refractivity contribution >= 4 is 75.6 Å². The highest BCUT2D eigenvalue weighted by Gasteiger charge is 2.29. The van der Waals surface area contributed by atoms with Gasteiger partial charge >= 0.3 is 5.97 Å². The Balaban J connectivity index is 1.50. The molecule has 2 aliphatic rings. The minimum atomic E-state index is -5.01. The summed E-state index contributed by atoms with van der Waals surface area (Å²) in [6, 6.07) is 19.6. The number of benzene rings is 6. The Morgan fingerprint density at radius 1 is 0.701 bits per heavy atom. The molecule has 0 unspecified atom stereocenters. The number of sulfonamides is 1. The predicted octanol–water partition coefficient (Wildman–Crippen LogP) is 9.33. The topological polar surface area (TPSA) is 276 Å². The van der Waals surface area contributed by atoms with Crippen LogP contribution in [0.2, 0.25) is 0 Å². The summed E-state index contributed by atoms with van der Waals surface area (Å²) in [6.45, 7) is 11.1. The summed E-state index contributed by atoms with van der Waals surface area (Å²) < 4.78 is 110. The van der Waals surface area contributed by atoms with Crippen LogP contribution in [0.3, 0.4) is 0 Å². The molecule has 0 spiro atoms. The normalized spacial score (nSPS) is 12.5. The van der Waals surface area contributed by atoms with Gasteiger partial charge in [0.1, 0.15) is 31.8 Å². The molecule has 67 heavy (non-hydrogen) atoms. The van der Waals surface area contributed by atoms with E-state index in [1.165, 1.54) is 24.3 Å². The highest BCUT2D eigenvalue weighted by Crippen LogP contribution is 2.45. The maximum Gasteiger partial charge on any atom is 0.335 e. The minimum absolute atomic E-state index is 0.00717. The first kappa shape index (κ1) is 48.2. The Kier molecular flexibility index (Phi) is 13.0. The van der Waals surface area contributed by atoms with Gasteiger partial charge in [-0.05, 0) is 104 Å². The third kappa shape index (κ3) is 9.20. The number of aryl methyl sites for hydroxylation is 4. The number of phenols is 1. The average molecular weight is 969 g/mol. The van der Waals surface area contributed by atoms with E-state index in [0.29, 0.717) is 65.1 Å². The number of nitrogens with two attached hydrogens (primary N) is 1. The van der Waals surface area contributed by atoms with E-state index in [-0.39, 0.29) is 50.0 Å². The fraction of sp³-hybridized carbons (Fsp3) is 0.208. The maximum atomic E-state index is 13.8. The number of nitrogens with one attached hydrogen (secondary N) is 2. The van der Waals surface area contributed by atoms with Crippen LogP contribution in [0.4, 0.5) is 28.4 Å². The standard InChI is InChI=1S/C48H48N4O12S3/c1-7-27-19-25(5)44(49)31(9-3)46(27)51-36-24-39-35(23-41(36)67(61,62)63)43(34-13-11-12-14-40(34)66(58,59)60)33-17-16-30(22-38(33)64-39)50-47-28(8-2)20-26(6)45(32(47)10-4)52-65(56,57)42-21-29(48(54)55)15-18-37(42)53/h11-24,50,52-53H,7-10,49H2,1-6H3,(H,54,55)(H,58,59,60)(H,61,62,63). The molecule has 5 aromatic rings. The lowest BCUT2D eigenvalue weighted by Crippen LogP contribution is -2.17. The van der Waals surface area contributed by atoms with E-state index in [1.807, 2.05) is 40.7 Å². The van der Waals surface area contributed by atoms with Crippen LogP contribution in [-0.4, -0.2) is 50.5 Å². The molecule has 0 amide bonds. The summed E-state index contributed by atoms with van der Waals surface area (Å²) >= 11 is 0. The molecule has 0 saturated heterocycles. The number of rotatable bonds is 14. The van der Waals surface area contributed by atoms with Crippen molar-refractivity contribution in [2.45, 2.75) is 81.9 Å². The quantitative estimate of drug-likeness (QED) is 0.0304. The van der Waals surface area contributed by atoms with E-state index in [9.17, 15) is 49.4 Å². The molecule has 5 aromatic carbocycles. The van der Waals surface area contributed by atoms with Crippen molar-refractivity contribution in [3.8, 4) is 28.2 Å². The highest BCUT2D eigenvalue weighted by atomic mass is 32.2. The van der Waals surface area contributed by atoms with Crippen molar-refractivity contribution in [1.29, 1.82) is 0 Å². The van der Waals surface area contributed by atoms with E-state index >= 15 is 0 Å². The van der Waals surface area contributed by atoms with Gasteiger partial charge in [-0.2, -0.15) is 16.8 Å². The third-order valence-electron chi connectivity index (χ3n) is 11.7. The number of fused-ring (bicyclic) bond motifs is 2. The van der Waals surface area contributed by atoms with Crippen molar-refractivity contribution in [1.82, 2.24) is 0 Å². The molecule has 0 bridgehead atoms. The van der Waals surface area contributed by atoms with E-state index in [1.54, 1.807) is 37.3 Å². The first-order valence-electron chi connectivity index (χ1n) is 21.1. The number of aromatic carboxylic acids is 1. The van der Waals surface area contributed by atoms with Gasteiger partial charge in [0, 0.05) is 62.4 Å². The monoisotopic (exact) mass is 968 g/mol. The zero-order chi connectivity index (χ0) is 48.9. The van der Waals surface area contributed by atoms with Crippen molar-refractivity contribution in [2.24, 2.45) is 4.99 Å². The maximum absolute atomic E-state index is 13.8. The number of hydrogen-bond donors (Lipinski definition) is 7. The number of anilines is 4. The molecule has 0 saturated carbocycles. The lowest BCUT2D eigenvalue weighted by Gasteiger charge is -2.23. The van der Waals surface area contributed by atoms with Gasteiger partial charge in [-0.3, -0.25) is 13.8 Å². The largest absolute Gasteiger partial charge is 0.507 e. The first-order chi connectivity index (χ1) is 31.5. The second-order valence-electron chi connectivity index (χ2n) is 15.9. The van der Waals surface area contributed by atoms with Crippen molar-refractivity contribution < 1.29 is 53.8 Å². The van der Waals surface area contributed by atoms with Crippen LogP contribution < -0.4 is 21.1 Å². The number of carbonyl (C=O) groups is 1. The van der Waals surface area contributed by atoms with Crippen molar-refractivity contribution in [2.75, 3.05) is 15.8 Å². The van der Waals surface area contributed by atoms with E-state index in [0.717, 1.165) is 41.0 Å². The van der Waals surface area contributed by atoms with Gasteiger partial charge in [0.05, 0.1) is 22.3 Å². The van der Waals surface area contributed by atoms with Crippen LogP contribution in [0.25, 0.3) is 33.4 Å². The zero-order valence-electron chi connectivity index (χ0n) is 37.2. The molecule has 1 aliphatic carbocycles. The first-order valence-corrected chi connectivity index (χ1v) is 25.4. The molecule has 0 aromatic heterocycles. The number of phenolic OH excluding ortho intramolecular Hbond substituents is 1. The summed E-state index contributed by atoms with van der Waals surface area (Å²) in [4.78, 5) is 14.8. The zero-order valence-corrected chi connectivity index (χ0v) is 39.7. The van der Waals surface area contributed by atoms with E-state index in [4.69, 9.17) is 15.1 Å². The van der Waals surface area contributed by atoms with Gasteiger partial charge in [-0.15, -0.1) is 0 Å². The third-order valence-corrected chi connectivity index (χ3v) is 14.8. The predicted molar refractivity (Wildman–Crippen MR) is 257 cm³/mol. The summed E-state index contributed by atoms with van der Waals surface area (Å²) in [7, 11) is -14.4. The van der Waals surface area contributed by atoms with Crippen LogP contribution in [0, 0.1) is 13.8 Å². The van der Waals surface area contributed by atoms with Gasteiger partial charge in [-0.1, -0.05) is 58.0 Å². The summed E-state index contributed by atoms with van der Waals surface area (Å²) in [6.07, 6.45) is 1.76. The molecule has 8 N–H and O–H groups in total. The molecule has 1 heterocycles. The van der Waals surface area contributed by atoms with Gasteiger partial charge in [0.25, 0.3) is 30.3 Å². The Morgan fingerprint density at radius 2 is 1.36 bits per heavy atom. The van der Waals surface area contributed by atoms with E-state index < -0.39 is 56.7 Å². The number of carboxylic acid groups (broad SMARTS) is 1. The summed E-state index contributed by atoms with van der Waals surface area (Å²) in [5.41, 5.74) is 12.7. The van der Waals surface area contributed by atoms with Gasteiger partial charge in [0.2, 0.25) is 0 Å². The molecule has 16 nitrogen and oxygen atoms in total. The molecule has 7 rings (SSSR count). The van der Waals surface area contributed by atoms with E-state index in [2.05, 4.69) is 10.0 Å². The van der Waals surface area contributed by atoms with Crippen LogP contribution in [0.15, 0.2) is 109 Å². The smallest absolute Gasteiger partial charge is 0.335 e. The Bertz CT molecular complexity index is 3570. The minimum Gasteiger partial charge on any atom is -0.507 e. The molecule has 1 aliphatic heterocycles. The van der Waals surface area contributed by atoms with Crippen LogP contribution in [0.5, 0.6) is 5.75 Å². The SMILES string of the molecule is CCc1cc(C)c(N)c(CC)c1N=c1cc2oc3cc(Nc4c(CC)cc(C)c(NS(=O)(=O)c5cc(C(=O)O)ccc5O)c4CC)ccc3c(-c3ccccc3S(=O)(=O)O)c-2cc1S(=O)(=O)O. The number of nitrogens with zero attached hydrogens (tertiary/aromatic N) is 1. The fourth-order valence-electron chi connectivity index (χ4n) is 8.41. The molecule has 350 valence electrons. The molecule has 0 fully saturated rings. The molecule has 19 heteroatoms. The van der Waals surface area contributed by atoms with Gasteiger partial charge in [-0.25, -0.2) is 18.2 Å². The Hall–Kier alpha value is -6.77. The lowest BCUT2D eigenvalue weighted by atomic mass is 9.93. The van der Waals surface area contributed by atoms with Gasteiger partial charge < -0.3 is 25.7 Å². The number of hydrogen-bond acceptors (Lipinski definition) is 12. The molecular formula is C48H48N4O12S3. The molecule has 0 radical (unpaired) electrons. The fourth-order valence-corrected chi connectivity index (χ4v) is 11.0. The van der Waals surface area contributed by atoms with Crippen LogP contribution >= 0.6 is 0 Å². The Morgan fingerprint density at radius 3 is 1.99 bits per heavy atom. The van der Waals surface area contributed by atoms with Crippen LogP contribution in [-0.2, 0) is 55.9 Å². The highest BCUT2D eigenvalue weighted by molar-refractivity contribution is 7.92. The van der Waals surface area contributed by atoms with Crippen molar-refractivity contribution in [3.63, 3.8) is 0 Å².